The lowest BCUT2D eigenvalue weighted by atomic mass is 9.72. The van der Waals surface area contributed by atoms with E-state index in [1.54, 1.807) is 47.4 Å². The van der Waals surface area contributed by atoms with E-state index in [1.807, 2.05) is 38.1 Å². The molecule has 0 fully saturated rings. The number of rotatable bonds is 3. The number of ketones is 1. The fraction of sp³-hybridized carbons (Fsp3) is 0.233. The molecule has 0 saturated heterocycles. The summed E-state index contributed by atoms with van der Waals surface area (Å²) < 4.78 is 4.85. The third kappa shape index (κ3) is 5.24. The second-order valence-electron chi connectivity index (χ2n) is 10.3. The standard InChI is InChI=1S/C30H27Cl2N3O4/c1-30(2)15-23-26(25(36)16-30)27(17-8-10-18(11-9-17)28(37)39-3)35(24-7-5-4-6-22(24)34-23)29(38)33-19-12-13-20(31)21(32)14-19/h4-15,26-27,34H,16H2,1-3H3,(H,33,38)/t26-,27-/m0/s1. The van der Waals surface area contributed by atoms with E-state index in [1.165, 1.54) is 7.11 Å². The number of halogens is 2. The van der Waals surface area contributed by atoms with Crippen molar-refractivity contribution in [1.82, 2.24) is 0 Å². The number of hydrogen-bond donors (Lipinski definition) is 2. The topological polar surface area (TPSA) is 87.7 Å². The Kier molecular flexibility index (Phi) is 7.14. The molecule has 3 aromatic carbocycles. The molecular weight excluding hydrogens is 537 g/mol. The summed E-state index contributed by atoms with van der Waals surface area (Å²) in [7, 11) is 1.32. The first-order valence-electron chi connectivity index (χ1n) is 12.4. The minimum atomic E-state index is -0.717. The summed E-state index contributed by atoms with van der Waals surface area (Å²) in [5.41, 5.74) is 3.17. The molecule has 1 heterocycles. The largest absolute Gasteiger partial charge is 0.465 e. The smallest absolute Gasteiger partial charge is 0.337 e. The molecule has 2 aliphatic rings. The molecule has 0 bridgehead atoms. The van der Waals surface area contributed by atoms with Crippen LogP contribution in [-0.2, 0) is 9.53 Å². The predicted octanol–water partition coefficient (Wildman–Crippen LogP) is 7.48. The van der Waals surface area contributed by atoms with Crippen LogP contribution in [0.1, 0.15) is 42.2 Å². The highest BCUT2D eigenvalue weighted by Crippen LogP contribution is 2.48. The first kappa shape index (κ1) is 26.8. The zero-order valence-electron chi connectivity index (χ0n) is 21.6. The number of Topliss-reactive ketones (excluding diaryl/α,β-unsaturated/α-hetero) is 1. The van der Waals surface area contributed by atoms with Gasteiger partial charge in [-0.1, -0.05) is 67.4 Å². The summed E-state index contributed by atoms with van der Waals surface area (Å²) in [5, 5.41) is 7.05. The lowest BCUT2D eigenvalue weighted by molar-refractivity contribution is -0.124. The highest BCUT2D eigenvalue weighted by atomic mass is 35.5. The number of allylic oxidation sites excluding steroid dienone is 1. The average Bonchev–Trinajstić information content (AvgIpc) is 3.04. The van der Waals surface area contributed by atoms with Gasteiger partial charge >= 0.3 is 12.0 Å². The van der Waals surface area contributed by atoms with Gasteiger partial charge in [0.05, 0.1) is 46.1 Å². The van der Waals surface area contributed by atoms with Crippen molar-refractivity contribution in [2.24, 2.45) is 11.3 Å². The number of hydrogen-bond acceptors (Lipinski definition) is 5. The molecule has 2 atom stereocenters. The number of esters is 1. The van der Waals surface area contributed by atoms with Gasteiger partial charge in [-0.2, -0.15) is 0 Å². The van der Waals surface area contributed by atoms with E-state index in [4.69, 9.17) is 27.9 Å². The Balaban J connectivity index is 1.69. The Morgan fingerprint density at radius 3 is 2.44 bits per heavy atom. The number of amides is 2. The highest BCUT2D eigenvalue weighted by Gasteiger charge is 2.46. The van der Waals surface area contributed by atoms with Crippen molar-refractivity contribution >= 4 is 58.0 Å². The van der Waals surface area contributed by atoms with E-state index >= 15 is 0 Å². The number of benzene rings is 3. The normalized spacial score (nSPS) is 19.6. The van der Waals surface area contributed by atoms with Gasteiger partial charge in [-0.3, -0.25) is 9.69 Å². The van der Waals surface area contributed by atoms with Crippen LogP contribution in [0.25, 0.3) is 0 Å². The zero-order chi connectivity index (χ0) is 27.9. The van der Waals surface area contributed by atoms with Crippen LogP contribution < -0.4 is 15.5 Å². The maximum absolute atomic E-state index is 14.1. The third-order valence-corrected chi connectivity index (χ3v) is 7.70. The molecule has 39 heavy (non-hydrogen) atoms. The van der Waals surface area contributed by atoms with Gasteiger partial charge < -0.3 is 15.4 Å². The van der Waals surface area contributed by atoms with Crippen LogP contribution in [0.15, 0.2) is 78.5 Å². The maximum Gasteiger partial charge on any atom is 0.337 e. The molecule has 0 spiro atoms. The van der Waals surface area contributed by atoms with Crippen LogP contribution in [0, 0.1) is 11.3 Å². The minimum Gasteiger partial charge on any atom is -0.465 e. The Morgan fingerprint density at radius 1 is 1.03 bits per heavy atom. The van der Waals surface area contributed by atoms with E-state index in [0.29, 0.717) is 44.7 Å². The van der Waals surface area contributed by atoms with Crippen molar-refractivity contribution in [3.63, 3.8) is 0 Å². The van der Waals surface area contributed by atoms with Crippen LogP contribution in [0.4, 0.5) is 21.9 Å². The van der Waals surface area contributed by atoms with Crippen LogP contribution in [0.5, 0.6) is 0 Å². The summed E-state index contributed by atoms with van der Waals surface area (Å²) >= 11 is 12.3. The number of nitrogens with zero attached hydrogens (tertiary/aromatic N) is 1. The number of carbonyl (C=O) groups is 3. The first-order chi connectivity index (χ1) is 18.6. The second-order valence-corrected chi connectivity index (χ2v) is 11.2. The van der Waals surface area contributed by atoms with Crippen molar-refractivity contribution < 1.29 is 19.1 Å². The Morgan fingerprint density at radius 2 is 1.74 bits per heavy atom. The molecule has 0 radical (unpaired) electrons. The molecule has 2 amide bonds. The van der Waals surface area contributed by atoms with Crippen molar-refractivity contribution in [1.29, 1.82) is 0 Å². The number of carbonyl (C=O) groups excluding carboxylic acids is 3. The molecule has 3 aromatic rings. The fourth-order valence-corrected chi connectivity index (χ4v) is 5.57. The van der Waals surface area contributed by atoms with Gasteiger partial charge in [-0.15, -0.1) is 0 Å². The Bertz CT molecular complexity index is 1500. The molecular formula is C30H27Cl2N3O4. The molecule has 0 aromatic heterocycles. The summed E-state index contributed by atoms with van der Waals surface area (Å²) in [5.74, 6) is -1.14. The molecule has 2 N–H and O–H groups in total. The van der Waals surface area contributed by atoms with Crippen molar-refractivity contribution in [2.45, 2.75) is 26.3 Å². The number of para-hydroxylation sites is 2. The SMILES string of the molecule is COC(=O)c1ccc([C@H]2[C@@H]3C(=O)CC(C)(C)C=C3Nc3ccccc3N2C(=O)Nc2ccc(Cl)c(Cl)c2)cc1. The number of anilines is 3. The van der Waals surface area contributed by atoms with E-state index in [2.05, 4.69) is 16.7 Å². The summed E-state index contributed by atoms with van der Waals surface area (Å²) in [4.78, 5) is 41.6. The second kappa shape index (κ2) is 10.4. The van der Waals surface area contributed by atoms with E-state index in [-0.39, 0.29) is 11.2 Å². The molecule has 7 nitrogen and oxygen atoms in total. The molecule has 9 heteroatoms. The monoisotopic (exact) mass is 563 g/mol. The molecule has 0 unspecified atom stereocenters. The van der Waals surface area contributed by atoms with Crippen molar-refractivity contribution in [3.8, 4) is 0 Å². The van der Waals surface area contributed by atoms with E-state index < -0.39 is 24.0 Å². The van der Waals surface area contributed by atoms with Gasteiger partial charge in [0, 0.05) is 17.8 Å². The van der Waals surface area contributed by atoms with Gasteiger partial charge in [-0.25, -0.2) is 9.59 Å². The minimum absolute atomic E-state index is 0.00666. The number of methoxy groups -OCH3 is 1. The zero-order valence-corrected chi connectivity index (χ0v) is 23.1. The van der Waals surface area contributed by atoms with Crippen LogP contribution in [-0.4, -0.2) is 24.9 Å². The molecule has 5 rings (SSSR count). The van der Waals surface area contributed by atoms with Gasteiger partial charge in [-0.05, 0) is 53.4 Å². The average molecular weight is 564 g/mol. The number of nitrogens with one attached hydrogen (secondary N) is 2. The van der Waals surface area contributed by atoms with Crippen LogP contribution in [0.2, 0.25) is 10.0 Å². The third-order valence-electron chi connectivity index (χ3n) is 6.96. The molecule has 1 aliphatic heterocycles. The summed E-state index contributed by atoms with van der Waals surface area (Å²) in [6.07, 6.45) is 2.39. The van der Waals surface area contributed by atoms with Gasteiger partial charge in [0.25, 0.3) is 0 Å². The van der Waals surface area contributed by atoms with Gasteiger partial charge in [0.1, 0.15) is 5.78 Å². The highest BCUT2D eigenvalue weighted by molar-refractivity contribution is 6.42. The van der Waals surface area contributed by atoms with E-state index in [9.17, 15) is 14.4 Å². The predicted molar refractivity (Wildman–Crippen MR) is 154 cm³/mol. The molecule has 0 saturated carbocycles. The van der Waals surface area contributed by atoms with Gasteiger partial charge in [0.15, 0.2) is 0 Å². The Labute approximate surface area is 236 Å². The van der Waals surface area contributed by atoms with Crippen molar-refractivity contribution in [2.75, 3.05) is 22.6 Å². The van der Waals surface area contributed by atoms with Gasteiger partial charge in [0.2, 0.25) is 0 Å². The number of ether oxygens (including phenoxy) is 1. The molecule has 1 aliphatic carbocycles. The lowest BCUT2D eigenvalue weighted by Gasteiger charge is -2.39. The van der Waals surface area contributed by atoms with Crippen LogP contribution >= 0.6 is 23.2 Å². The number of urea groups is 1. The molecule has 200 valence electrons. The van der Waals surface area contributed by atoms with Crippen molar-refractivity contribution in [3.05, 3.63) is 99.7 Å². The van der Waals surface area contributed by atoms with E-state index in [0.717, 1.165) is 5.70 Å². The quantitative estimate of drug-likeness (QED) is 0.322. The Hall–Kier alpha value is -3.81. The lowest BCUT2D eigenvalue weighted by Crippen LogP contribution is -2.45. The first-order valence-corrected chi connectivity index (χ1v) is 13.2. The number of fused-ring (bicyclic) bond motifs is 2. The maximum atomic E-state index is 14.1. The fourth-order valence-electron chi connectivity index (χ4n) is 5.27. The summed E-state index contributed by atoms with van der Waals surface area (Å²) in [6.45, 7) is 4.03. The van der Waals surface area contributed by atoms with Crippen LogP contribution in [0.3, 0.4) is 0 Å². The summed E-state index contributed by atoms with van der Waals surface area (Å²) in [6, 6.07) is 17.9.